The fourth-order valence-electron chi connectivity index (χ4n) is 3.91. The Morgan fingerprint density at radius 1 is 1.21 bits per heavy atom. The van der Waals surface area contributed by atoms with Gasteiger partial charge >= 0.3 is 0 Å². The Morgan fingerprint density at radius 3 is 2.75 bits per heavy atom. The first kappa shape index (κ1) is 20.2. The minimum absolute atomic E-state index is 0.0656. The monoisotopic (exact) mass is 382 g/mol. The van der Waals surface area contributed by atoms with Gasteiger partial charge in [0.1, 0.15) is 11.5 Å². The predicted molar refractivity (Wildman–Crippen MR) is 111 cm³/mol. The molecule has 0 spiro atoms. The predicted octanol–water partition coefficient (Wildman–Crippen LogP) is 3.76. The fraction of sp³-hybridized carbons (Fsp3) is 0.435. The quantitative estimate of drug-likeness (QED) is 0.755. The second kappa shape index (κ2) is 9.60. The van der Waals surface area contributed by atoms with Gasteiger partial charge in [-0.05, 0) is 43.3 Å². The zero-order valence-corrected chi connectivity index (χ0v) is 17.0. The maximum Gasteiger partial charge on any atom is 0.227 e. The molecular weight excluding hydrogens is 352 g/mol. The van der Waals surface area contributed by atoms with Crippen molar-refractivity contribution in [3.8, 4) is 11.5 Å². The van der Waals surface area contributed by atoms with Crippen molar-refractivity contribution >= 4 is 5.91 Å². The van der Waals surface area contributed by atoms with E-state index in [2.05, 4.69) is 36.2 Å². The number of hydrogen-bond acceptors (Lipinski definition) is 4. The minimum Gasteiger partial charge on any atom is -0.497 e. The van der Waals surface area contributed by atoms with E-state index in [0.717, 1.165) is 35.7 Å². The lowest BCUT2D eigenvalue weighted by Gasteiger charge is -2.31. The first-order chi connectivity index (χ1) is 13.7. The number of benzene rings is 2. The van der Waals surface area contributed by atoms with Crippen LogP contribution in [-0.2, 0) is 4.79 Å². The van der Waals surface area contributed by atoms with Crippen molar-refractivity contribution in [2.24, 2.45) is 0 Å². The van der Waals surface area contributed by atoms with Crippen LogP contribution in [0.4, 0.5) is 0 Å². The number of para-hydroxylation sites is 1. The standard InChI is InChI=1S/C23H30N2O3/c1-4-25(5-2)21(17-9-8-10-18(15-17)27-3)16-24-23(26)20-13-14-28-22-12-7-6-11-19(20)22/h6-12,15,20-21H,4-5,13-14,16H2,1-3H3,(H,24,26). The Balaban J connectivity index is 1.76. The van der Waals surface area contributed by atoms with Crippen LogP contribution in [0.2, 0.25) is 0 Å². The van der Waals surface area contributed by atoms with Crippen LogP contribution < -0.4 is 14.8 Å². The van der Waals surface area contributed by atoms with Crippen molar-refractivity contribution in [2.45, 2.75) is 32.2 Å². The molecule has 0 bridgehead atoms. The molecule has 0 saturated heterocycles. The average Bonchev–Trinajstić information content (AvgIpc) is 2.76. The van der Waals surface area contributed by atoms with Crippen LogP contribution in [0.3, 0.4) is 0 Å². The van der Waals surface area contributed by atoms with Crippen molar-refractivity contribution in [1.29, 1.82) is 0 Å². The van der Waals surface area contributed by atoms with E-state index in [1.807, 2.05) is 36.4 Å². The molecule has 0 radical (unpaired) electrons. The van der Waals surface area contributed by atoms with E-state index < -0.39 is 0 Å². The summed E-state index contributed by atoms with van der Waals surface area (Å²) in [5.41, 5.74) is 2.13. The van der Waals surface area contributed by atoms with Crippen LogP contribution in [0.15, 0.2) is 48.5 Å². The van der Waals surface area contributed by atoms with Gasteiger partial charge in [-0.15, -0.1) is 0 Å². The van der Waals surface area contributed by atoms with Crippen LogP contribution in [0.1, 0.15) is 43.4 Å². The summed E-state index contributed by atoms with van der Waals surface area (Å²) in [7, 11) is 1.68. The van der Waals surface area contributed by atoms with Crippen LogP contribution in [0, 0.1) is 0 Å². The maximum atomic E-state index is 13.0. The summed E-state index contributed by atoms with van der Waals surface area (Å²) in [6, 6.07) is 16.0. The number of hydrogen-bond donors (Lipinski definition) is 1. The van der Waals surface area contributed by atoms with E-state index in [4.69, 9.17) is 9.47 Å². The summed E-state index contributed by atoms with van der Waals surface area (Å²) in [6.07, 6.45) is 0.706. The van der Waals surface area contributed by atoms with Crippen LogP contribution in [-0.4, -0.2) is 44.2 Å². The molecule has 1 amide bonds. The lowest BCUT2D eigenvalue weighted by molar-refractivity contribution is -0.123. The smallest absolute Gasteiger partial charge is 0.227 e. The van der Waals surface area contributed by atoms with Crippen LogP contribution >= 0.6 is 0 Å². The van der Waals surface area contributed by atoms with Gasteiger partial charge in [-0.2, -0.15) is 0 Å². The molecule has 1 aliphatic rings. The summed E-state index contributed by atoms with van der Waals surface area (Å²) in [6.45, 7) is 7.25. The minimum atomic E-state index is -0.160. The largest absolute Gasteiger partial charge is 0.497 e. The molecule has 5 nitrogen and oxygen atoms in total. The molecular formula is C23H30N2O3. The number of rotatable bonds is 8. The van der Waals surface area contributed by atoms with Gasteiger partial charge in [-0.3, -0.25) is 9.69 Å². The Kier molecular flexibility index (Phi) is 6.93. The van der Waals surface area contributed by atoms with Gasteiger partial charge in [0.15, 0.2) is 0 Å². The van der Waals surface area contributed by atoms with Gasteiger partial charge in [-0.1, -0.05) is 44.2 Å². The third-order valence-corrected chi connectivity index (χ3v) is 5.48. The summed E-state index contributed by atoms with van der Waals surface area (Å²) >= 11 is 0. The number of fused-ring (bicyclic) bond motifs is 1. The first-order valence-corrected chi connectivity index (χ1v) is 10.0. The van der Waals surface area contributed by atoms with Crippen molar-refractivity contribution < 1.29 is 14.3 Å². The Labute approximate surface area is 167 Å². The lowest BCUT2D eigenvalue weighted by atomic mass is 9.92. The molecule has 3 rings (SSSR count). The van der Waals surface area contributed by atoms with Crippen molar-refractivity contribution in [2.75, 3.05) is 33.4 Å². The number of likely N-dealkylation sites (N-methyl/N-ethyl adjacent to an activating group) is 1. The van der Waals surface area contributed by atoms with E-state index in [1.165, 1.54) is 0 Å². The maximum absolute atomic E-state index is 13.0. The Morgan fingerprint density at radius 2 is 2.00 bits per heavy atom. The van der Waals surface area contributed by atoms with Gasteiger partial charge in [-0.25, -0.2) is 0 Å². The molecule has 2 atom stereocenters. The third-order valence-electron chi connectivity index (χ3n) is 5.48. The highest BCUT2D eigenvalue weighted by Gasteiger charge is 2.28. The summed E-state index contributed by atoms with van der Waals surface area (Å²) < 4.78 is 11.1. The number of ether oxygens (including phenoxy) is 2. The lowest BCUT2D eigenvalue weighted by Crippen LogP contribution is -2.40. The average molecular weight is 383 g/mol. The number of amides is 1. The Bertz CT molecular complexity index is 789. The molecule has 0 aliphatic carbocycles. The topological polar surface area (TPSA) is 50.8 Å². The van der Waals surface area contributed by atoms with E-state index in [1.54, 1.807) is 7.11 Å². The normalized spacial score (nSPS) is 16.8. The highest BCUT2D eigenvalue weighted by molar-refractivity contribution is 5.84. The molecule has 2 aromatic rings. The second-order valence-electron chi connectivity index (χ2n) is 6.99. The van der Waals surface area contributed by atoms with Crippen molar-refractivity contribution in [3.05, 3.63) is 59.7 Å². The van der Waals surface area contributed by atoms with Crippen molar-refractivity contribution in [3.63, 3.8) is 0 Å². The van der Waals surface area contributed by atoms with Gasteiger partial charge in [0, 0.05) is 12.1 Å². The Hall–Kier alpha value is -2.53. The zero-order valence-electron chi connectivity index (χ0n) is 17.0. The molecule has 150 valence electrons. The molecule has 1 heterocycles. The fourth-order valence-corrected chi connectivity index (χ4v) is 3.91. The summed E-state index contributed by atoms with van der Waals surface area (Å²) in [4.78, 5) is 15.4. The van der Waals surface area contributed by atoms with Crippen molar-refractivity contribution in [1.82, 2.24) is 10.2 Å². The van der Waals surface area contributed by atoms with E-state index in [0.29, 0.717) is 19.6 Å². The molecule has 28 heavy (non-hydrogen) atoms. The van der Waals surface area contributed by atoms with Gasteiger partial charge in [0.05, 0.1) is 25.7 Å². The molecule has 1 N–H and O–H groups in total. The summed E-state index contributed by atoms with van der Waals surface area (Å²) in [5, 5.41) is 3.20. The molecule has 0 aromatic heterocycles. The zero-order chi connectivity index (χ0) is 19.9. The highest BCUT2D eigenvalue weighted by Crippen LogP contribution is 2.33. The SMILES string of the molecule is CCN(CC)C(CNC(=O)C1CCOc2ccccc21)c1cccc(OC)c1. The first-order valence-electron chi connectivity index (χ1n) is 10.0. The second-order valence-corrected chi connectivity index (χ2v) is 6.99. The van der Waals surface area contributed by atoms with E-state index in [9.17, 15) is 4.79 Å². The summed E-state index contributed by atoms with van der Waals surface area (Å²) in [5.74, 6) is 1.56. The van der Waals surface area contributed by atoms with Gasteiger partial charge in [0.2, 0.25) is 5.91 Å². The number of nitrogens with one attached hydrogen (secondary N) is 1. The number of nitrogens with zero attached hydrogens (tertiary/aromatic N) is 1. The number of carbonyl (C=O) groups is 1. The van der Waals surface area contributed by atoms with Gasteiger partial charge in [0.25, 0.3) is 0 Å². The molecule has 0 fully saturated rings. The van der Waals surface area contributed by atoms with Crippen LogP contribution in [0.5, 0.6) is 11.5 Å². The highest BCUT2D eigenvalue weighted by atomic mass is 16.5. The number of carbonyl (C=O) groups excluding carboxylic acids is 1. The third kappa shape index (κ3) is 4.47. The molecule has 0 saturated carbocycles. The van der Waals surface area contributed by atoms with Gasteiger partial charge < -0.3 is 14.8 Å². The molecule has 1 aliphatic heterocycles. The van der Waals surface area contributed by atoms with E-state index in [-0.39, 0.29) is 17.9 Å². The van der Waals surface area contributed by atoms with E-state index >= 15 is 0 Å². The molecule has 5 heteroatoms. The molecule has 2 aromatic carbocycles. The van der Waals surface area contributed by atoms with Crippen LogP contribution in [0.25, 0.3) is 0 Å². The number of methoxy groups -OCH3 is 1. The molecule has 2 unspecified atom stereocenters.